The first kappa shape index (κ1) is 17.4. The molecule has 0 aliphatic rings. The largest absolute Gasteiger partial charge is 0.355 e. The first-order valence-corrected chi connectivity index (χ1v) is 7.56. The molecule has 0 saturated carbocycles. The summed E-state index contributed by atoms with van der Waals surface area (Å²) in [5.74, 6) is 0.631. The molecule has 0 aromatic carbocycles. The Labute approximate surface area is 113 Å². The lowest BCUT2D eigenvalue weighted by Gasteiger charge is -2.14. The van der Waals surface area contributed by atoms with Crippen molar-refractivity contribution in [1.82, 2.24) is 10.6 Å². The van der Waals surface area contributed by atoms with Crippen molar-refractivity contribution in [1.29, 1.82) is 0 Å². The van der Waals surface area contributed by atoms with Gasteiger partial charge in [-0.15, -0.1) is 0 Å². The third-order valence-corrected chi connectivity index (χ3v) is 3.06. The van der Waals surface area contributed by atoms with Gasteiger partial charge in [0.2, 0.25) is 5.91 Å². The Balaban J connectivity index is 3.40. The highest BCUT2D eigenvalue weighted by atomic mass is 16.1. The molecule has 108 valence electrons. The average molecular weight is 256 g/mol. The van der Waals surface area contributed by atoms with Gasteiger partial charge in [-0.1, -0.05) is 52.9 Å². The summed E-state index contributed by atoms with van der Waals surface area (Å²) in [6.07, 6.45) is 7.74. The normalized spacial score (nSPS) is 12.7. The molecular weight excluding hydrogens is 224 g/mol. The van der Waals surface area contributed by atoms with E-state index in [2.05, 4.69) is 38.3 Å². The van der Waals surface area contributed by atoms with Crippen LogP contribution in [0.15, 0.2) is 0 Å². The number of rotatable bonds is 11. The Morgan fingerprint density at radius 3 is 2.33 bits per heavy atom. The van der Waals surface area contributed by atoms with E-state index in [1.807, 2.05) is 0 Å². The van der Waals surface area contributed by atoms with Crippen molar-refractivity contribution in [3.05, 3.63) is 0 Å². The standard InChI is InChI=1S/C15H32N2O/c1-5-6-7-8-9-10-14(4)16-12-15(18)17-11-13(2)3/h13-14,16H,5-12H2,1-4H3,(H,17,18). The van der Waals surface area contributed by atoms with Gasteiger partial charge in [0.1, 0.15) is 0 Å². The molecule has 0 radical (unpaired) electrons. The Morgan fingerprint density at radius 2 is 1.72 bits per heavy atom. The molecule has 0 aliphatic heterocycles. The third-order valence-electron chi connectivity index (χ3n) is 3.06. The second kappa shape index (κ2) is 11.5. The summed E-state index contributed by atoms with van der Waals surface area (Å²) in [5, 5.41) is 6.20. The lowest BCUT2D eigenvalue weighted by atomic mass is 10.1. The number of hydrogen-bond acceptors (Lipinski definition) is 2. The van der Waals surface area contributed by atoms with Crippen LogP contribution in [0.1, 0.15) is 66.2 Å². The molecule has 0 saturated heterocycles. The van der Waals surface area contributed by atoms with Crippen molar-refractivity contribution in [2.24, 2.45) is 5.92 Å². The molecule has 18 heavy (non-hydrogen) atoms. The maximum Gasteiger partial charge on any atom is 0.233 e. The monoisotopic (exact) mass is 256 g/mol. The summed E-state index contributed by atoms with van der Waals surface area (Å²) in [6, 6.07) is 0.441. The number of amides is 1. The first-order valence-electron chi connectivity index (χ1n) is 7.56. The minimum atomic E-state index is 0.113. The minimum Gasteiger partial charge on any atom is -0.355 e. The summed E-state index contributed by atoms with van der Waals surface area (Å²) in [7, 11) is 0. The number of carbonyl (C=O) groups is 1. The van der Waals surface area contributed by atoms with Gasteiger partial charge in [0.25, 0.3) is 0 Å². The Bertz CT molecular complexity index is 205. The molecule has 1 amide bonds. The van der Waals surface area contributed by atoms with Crippen molar-refractivity contribution < 1.29 is 4.79 Å². The minimum absolute atomic E-state index is 0.113. The van der Waals surface area contributed by atoms with E-state index in [4.69, 9.17) is 0 Å². The van der Waals surface area contributed by atoms with Gasteiger partial charge in [-0.3, -0.25) is 4.79 Å². The van der Waals surface area contributed by atoms with Crippen LogP contribution in [0.2, 0.25) is 0 Å². The molecule has 0 aliphatic carbocycles. The second-order valence-corrected chi connectivity index (χ2v) is 5.68. The second-order valence-electron chi connectivity index (χ2n) is 5.68. The highest BCUT2D eigenvalue weighted by Crippen LogP contribution is 2.06. The zero-order valence-electron chi connectivity index (χ0n) is 12.7. The quantitative estimate of drug-likeness (QED) is 0.558. The molecular formula is C15H32N2O. The smallest absolute Gasteiger partial charge is 0.233 e. The lowest BCUT2D eigenvalue weighted by Crippen LogP contribution is -2.39. The lowest BCUT2D eigenvalue weighted by molar-refractivity contribution is -0.120. The summed E-state index contributed by atoms with van der Waals surface area (Å²) in [5.41, 5.74) is 0. The van der Waals surface area contributed by atoms with Gasteiger partial charge in [0, 0.05) is 12.6 Å². The predicted octanol–water partition coefficient (Wildman–Crippen LogP) is 3.10. The fourth-order valence-electron chi connectivity index (χ4n) is 1.80. The van der Waals surface area contributed by atoms with Gasteiger partial charge in [0.05, 0.1) is 6.54 Å². The molecule has 0 aromatic rings. The Kier molecular flexibility index (Phi) is 11.2. The van der Waals surface area contributed by atoms with Crippen LogP contribution in [0.25, 0.3) is 0 Å². The number of carbonyl (C=O) groups excluding carboxylic acids is 1. The van der Waals surface area contributed by atoms with Crippen molar-refractivity contribution in [2.75, 3.05) is 13.1 Å². The predicted molar refractivity (Wildman–Crippen MR) is 78.7 cm³/mol. The molecule has 0 heterocycles. The van der Waals surface area contributed by atoms with Gasteiger partial charge in [0.15, 0.2) is 0 Å². The maximum atomic E-state index is 11.5. The van der Waals surface area contributed by atoms with Crippen LogP contribution in [-0.4, -0.2) is 25.0 Å². The molecule has 0 fully saturated rings. The number of nitrogens with one attached hydrogen (secondary N) is 2. The topological polar surface area (TPSA) is 41.1 Å². The van der Waals surface area contributed by atoms with Crippen LogP contribution < -0.4 is 10.6 Å². The zero-order valence-corrected chi connectivity index (χ0v) is 12.7. The van der Waals surface area contributed by atoms with Crippen LogP contribution in [0.4, 0.5) is 0 Å². The van der Waals surface area contributed by atoms with Gasteiger partial charge in [-0.05, 0) is 19.3 Å². The highest BCUT2D eigenvalue weighted by Gasteiger charge is 2.05. The zero-order chi connectivity index (χ0) is 13.8. The van der Waals surface area contributed by atoms with E-state index >= 15 is 0 Å². The van der Waals surface area contributed by atoms with Crippen molar-refractivity contribution in [3.8, 4) is 0 Å². The fraction of sp³-hybridized carbons (Fsp3) is 0.933. The number of unbranched alkanes of at least 4 members (excludes halogenated alkanes) is 4. The SMILES string of the molecule is CCCCCCCC(C)NCC(=O)NCC(C)C. The Hall–Kier alpha value is -0.570. The van der Waals surface area contributed by atoms with E-state index in [-0.39, 0.29) is 5.91 Å². The summed E-state index contributed by atoms with van der Waals surface area (Å²) < 4.78 is 0. The fourth-order valence-corrected chi connectivity index (χ4v) is 1.80. The molecule has 0 rings (SSSR count). The van der Waals surface area contributed by atoms with Crippen LogP contribution in [0.5, 0.6) is 0 Å². The number of hydrogen-bond donors (Lipinski definition) is 2. The van der Waals surface area contributed by atoms with Crippen molar-refractivity contribution in [2.45, 2.75) is 72.3 Å². The van der Waals surface area contributed by atoms with Crippen molar-refractivity contribution in [3.63, 3.8) is 0 Å². The molecule has 1 unspecified atom stereocenters. The molecule has 3 heteroatoms. The summed E-state index contributed by atoms with van der Waals surface area (Å²) in [4.78, 5) is 11.5. The summed E-state index contributed by atoms with van der Waals surface area (Å²) >= 11 is 0. The molecule has 2 N–H and O–H groups in total. The highest BCUT2D eigenvalue weighted by molar-refractivity contribution is 5.77. The Morgan fingerprint density at radius 1 is 1.06 bits per heavy atom. The van der Waals surface area contributed by atoms with Gasteiger partial charge in [-0.25, -0.2) is 0 Å². The van der Waals surface area contributed by atoms with Crippen LogP contribution in [-0.2, 0) is 4.79 Å². The van der Waals surface area contributed by atoms with Crippen LogP contribution in [0.3, 0.4) is 0 Å². The maximum absolute atomic E-state index is 11.5. The first-order chi connectivity index (χ1) is 8.56. The van der Waals surface area contributed by atoms with Crippen LogP contribution >= 0.6 is 0 Å². The average Bonchev–Trinajstić information content (AvgIpc) is 2.33. The van der Waals surface area contributed by atoms with E-state index in [1.165, 1.54) is 38.5 Å². The van der Waals surface area contributed by atoms with Crippen molar-refractivity contribution >= 4 is 5.91 Å². The van der Waals surface area contributed by atoms with Gasteiger partial charge < -0.3 is 10.6 Å². The molecule has 3 nitrogen and oxygen atoms in total. The van der Waals surface area contributed by atoms with E-state index in [9.17, 15) is 4.79 Å². The van der Waals surface area contributed by atoms with E-state index in [0.717, 1.165) is 6.54 Å². The van der Waals surface area contributed by atoms with Crippen LogP contribution in [0, 0.1) is 5.92 Å². The van der Waals surface area contributed by atoms with E-state index in [1.54, 1.807) is 0 Å². The molecule has 0 aromatic heterocycles. The molecule has 0 bridgehead atoms. The van der Waals surface area contributed by atoms with Gasteiger partial charge >= 0.3 is 0 Å². The molecule has 0 spiro atoms. The van der Waals surface area contributed by atoms with E-state index < -0.39 is 0 Å². The molecule has 1 atom stereocenters. The summed E-state index contributed by atoms with van der Waals surface area (Å²) in [6.45, 7) is 9.82. The van der Waals surface area contributed by atoms with Gasteiger partial charge in [-0.2, -0.15) is 0 Å². The third kappa shape index (κ3) is 11.9. The van der Waals surface area contributed by atoms with E-state index in [0.29, 0.717) is 18.5 Å².